The van der Waals surface area contributed by atoms with Gasteiger partial charge in [0.1, 0.15) is 0 Å². The van der Waals surface area contributed by atoms with E-state index in [2.05, 4.69) is 36.5 Å². The molecule has 3 atom stereocenters. The lowest BCUT2D eigenvalue weighted by atomic mass is 9.61. The Labute approximate surface area is 121 Å². The summed E-state index contributed by atoms with van der Waals surface area (Å²) in [4.78, 5) is 0. The van der Waals surface area contributed by atoms with Gasteiger partial charge >= 0.3 is 0 Å². The Morgan fingerprint density at radius 3 is 2.79 bits per heavy atom. The van der Waals surface area contributed by atoms with Gasteiger partial charge < -0.3 is 5.32 Å². The summed E-state index contributed by atoms with van der Waals surface area (Å²) in [5.74, 6) is 1.58. The molecule has 1 aromatic carbocycles. The van der Waals surface area contributed by atoms with Gasteiger partial charge in [-0.1, -0.05) is 43.5 Å². The molecule has 19 heavy (non-hydrogen) atoms. The van der Waals surface area contributed by atoms with Crippen LogP contribution in [0.25, 0.3) is 0 Å². The predicted octanol–water partition coefficient (Wildman–Crippen LogP) is 4.61. The third-order valence-corrected chi connectivity index (χ3v) is 5.83. The SMILES string of the molecule is CCC1CCCC12CCNCC2c1ccc(Cl)cc1. The Balaban J connectivity index is 1.94. The molecule has 1 nitrogen and oxygen atoms in total. The van der Waals surface area contributed by atoms with Crippen LogP contribution in [0.5, 0.6) is 0 Å². The van der Waals surface area contributed by atoms with E-state index in [1.165, 1.54) is 44.2 Å². The summed E-state index contributed by atoms with van der Waals surface area (Å²) in [7, 11) is 0. The highest BCUT2D eigenvalue weighted by molar-refractivity contribution is 6.30. The first kappa shape index (κ1) is 13.5. The van der Waals surface area contributed by atoms with Crippen LogP contribution in [0.1, 0.15) is 50.5 Å². The second kappa shape index (κ2) is 5.46. The van der Waals surface area contributed by atoms with Crippen LogP contribution in [0, 0.1) is 11.3 Å². The molecule has 3 rings (SSSR count). The van der Waals surface area contributed by atoms with E-state index in [1.54, 1.807) is 0 Å². The highest BCUT2D eigenvalue weighted by Gasteiger charge is 2.48. The van der Waals surface area contributed by atoms with Crippen LogP contribution in [0.2, 0.25) is 5.02 Å². The van der Waals surface area contributed by atoms with E-state index in [9.17, 15) is 0 Å². The van der Waals surface area contributed by atoms with Crippen molar-refractivity contribution in [3.05, 3.63) is 34.9 Å². The molecule has 2 fully saturated rings. The highest BCUT2D eigenvalue weighted by atomic mass is 35.5. The molecule has 104 valence electrons. The first-order valence-corrected chi connectivity index (χ1v) is 8.10. The smallest absolute Gasteiger partial charge is 0.0406 e. The van der Waals surface area contributed by atoms with E-state index in [1.807, 2.05) is 0 Å². The van der Waals surface area contributed by atoms with Gasteiger partial charge in [-0.15, -0.1) is 0 Å². The van der Waals surface area contributed by atoms with E-state index in [4.69, 9.17) is 11.6 Å². The molecule has 2 aliphatic rings. The van der Waals surface area contributed by atoms with E-state index in [-0.39, 0.29) is 0 Å². The van der Waals surface area contributed by atoms with E-state index < -0.39 is 0 Å². The number of rotatable bonds is 2. The average Bonchev–Trinajstić information content (AvgIpc) is 2.84. The van der Waals surface area contributed by atoms with Gasteiger partial charge in [-0.25, -0.2) is 0 Å². The summed E-state index contributed by atoms with van der Waals surface area (Å²) >= 11 is 6.04. The molecule has 0 aromatic heterocycles. The van der Waals surface area contributed by atoms with Crippen molar-refractivity contribution in [3.8, 4) is 0 Å². The van der Waals surface area contributed by atoms with Crippen molar-refractivity contribution in [2.45, 2.75) is 44.9 Å². The fourth-order valence-electron chi connectivity index (χ4n) is 4.66. The molecule has 3 unspecified atom stereocenters. The molecule has 0 bridgehead atoms. The topological polar surface area (TPSA) is 12.0 Å². The van der Waals surface area contributed by atoms with Crippen molar-refractivity contribution in [2.75, 3.05) is 13.1 Å². The first-order chi connectivity index (χ1) is 9.26. The molecular formula is C17H24ClN. The van der Waals surface area contributed by atoms with Gasteiger partial charge in [-0.3, -0.25) is 0 Å². The Kier molecular flexibility index (Phi) is 3.86. The molecule has 1 spiro atoms. The fourth-order valence-corrected chi connectivity index (χ4v) is 4.78. The standard InChI is InChI=1S/C17H24ClN/c1-2-14-4-3-9-17(14)10-11-19-12-16(17)13-5-7-15(18)8-6-13/h5-8,14,16,19H,2-4,9-12H2,1H3. The summed E-state index contributed by atoms with van der Waals surface area (Å²) in [6, 6.07) is 8.59. The zero-order valence-corrected chi connectivity index (χ0v) is 12.5. The van der Waals surface area contributed by atoms with Crippen LogP contribution in [0.3, 0.4) is 0 Å². The molecular weight excluding hydrogens is 254 g/mol. The lowest BCUT2D eigenvalue weighted by molar-refractivity contribution is 0.103. The second-order valence-corrected chi connectivity index (χ2v) is 6.73. The van der Waals surface area contributed by atoms with E-state index in [0.717, 1.165) is 17.5 Å². The average molecular weight is 278 g/mol. The molecule has 1 N–H and O–H groups in total. The van der Waals surface area contributed by atoms with Crippen LogP contribution in [-0.4, -0.2) is 13.1 Å². The summed E-state index contributed by atoms with van der Waals surface area (Å²) in [5, 5.41) is 4.46. The van der Waals surface area contributed by atoms with Gasteiger partial charge in [-0.05, 0) is 54.8 Å². The molecule has 0 amide bonds. The van der Waals surface area contributed by atoms with E-state index in [0.29, 0.717) is 11.3 Å². The summed E-state index contributed by atoms with van der Waals surface area (Å²) in [5.41, 5.74) is 2.03. The lowest BCUT2D eigenvalue weighted by Gasteiger charge is -2.46. The molecule has 1 aromatic rings. The van der Waals surface area contributed by atoms with Crippen molar-refractivity contribution >= 4 is 11.6 Å². The van der Waals surface area contributed by atoms with Crippen LogP contribution in [0.4, 0.5) is 0 Å². The Morgan fingerprint density at radius 2 is 2.05 bits per heavy atom. The number of hydrogen-bond donors (Lipinski definition) is 1. The molecule has 1 saturated carbocycles. The number of nitrogens with one attached hydrogen (secondary N) is 1. The van der Waals surface area contributed by atoms with Gasteiger partial charge in [0.25, 0.3) is 0 Å². The Morgan fingerprint density at radius 1 is 1.26 bits per heavy atom. The lowest BCUT2D eigenvalue weighted by Crippen LogP contribution is -2.45. The van der Waals surface area contributed by atoms with Gasteiger partial charge in [0.15, 0.2) is 0 Å². The number of halogens is 1. The minimum absolute atomic E-state index is 0.549. The zero-order chi connectivity index (χ0) is 13.3. The summed E-state index contributed by atoms with van der Waals surface area (Å²) in [6.45, 7) is 4.71. The first-order valence-electron chi connectivity index (χ1n) is 7.72. The van der Waals surface area contributed by atoms with Crippen molar-refractivity contribution in [1.82, 2.24) is 5.32 Å². The van der Waals surface area contributed by atoms with Gasteiger partial charge in [-0.2, -0.15) is 0 Å². The van der Waals surface area contributed by atoms with Crippen molar-refractivity contribution in [2.24, 2.45) is 11.3 Å². The molecule has 2 heteroatoms. The van der Waals surface area contributed by atoms with Crippen LogP contribution in [-0.2, 0) is 0 Å². The van der Waals surface area contributed by atoms with Gasteiger partial charge in [0.2, 0.25) is 0 Å². The molecule has 0 radical (unpaired) electrons. The van der Waals surface area contributed by atoms with Gasteiger partial charge in [0.05, 0.1) is 0 Å². The van der Waals surface area contributed by atoms with Crippen LogP contribution in [0.15, 0.2) is 24.3 Å². The van der Waals surface area contributed by atoms with Gasteiger partial charge in [0, 0.05) is 17.5 Å². The molecule has 1 saturated heterocycles. The van der Waals surface area contributed by atoms with Crippen LogP contribution < -0.4 is 5.32 Å². The van der Waals surface area contributed by atoms with Crippen molar-refractivity contribution < 1.29 is 0 Å². The maximum Gasteiger partial charge on any atom is 0.0406 e. The minimum Gasteiger partial charge on any atom is -0.316 e. The maximum atomic E-state index is 6.04. The fraction of sp³-hybridized carbons (Fsp3) is 0.647. The number of hydrogen-bond acceptors (Lipinski definition) is 1. The second-order valence-electron chi connectivity index (χ2n) is 6.29. The molecule has 1 aliphatic carbocycles. The quantitative estimate of drug-likeness (QED) is 0.832. The number of piperidine rings is 1. The Hall–Kier alpha value is -0.530. The Bertz CT molecular complexity index is 427. The summed E-state index contributed by atoms with van der Waals surface area (Å²) < 4.78 is 0. The monoisotopic (exact) mass is 277 g/mol. The summed E-state index contributed by atoms with van der Waals surface area (Å²) in [6.07, 6.45) is 6.95. The van der Waals surface area contributed by atoms with Crippen molar-refractivity contribution in [1.29, 1.82) is 0 Å². The largest absolute Gasteiger partial charge is 0.316 e. The predicted molar refractivity (Wildman–Crippen MR) is 81.7 cm³/mol. The normalized spacial score (nSPS) is 34.8. The third kappa shape index (κ3) is 2.32. The molecule has 1 aliphatic heterocycles. The third-order valence-electron chi connectivity index (χ3n) is 5.58. The maximum absolute atomic E-state index is 6.04. The highest BCUT2D eigenvalue weighted by Crippen LogP contribution is 2.56. The van der Waals surface area contributed by atoms with Crippen molar-refractivity contribution in [3.63, 3.8) is 0 Å². The zero-order valence-electron chi connectivity index (χ0n) is 11.8. The molecule has 1 heterocycles. The number of benzene rings is 1. The van der Waals surface area contributed by atoms with Crippen LogP contribution >= 0.6 is 11.6 Å². The van der Waals surface area contributed by atoms with E-state index >= 15 is 0 Å². The minimum atomic E-state index is 0.549.